The third-order valence-corrected chi connectivity index (χ3v) is 6.14. The number of benzene rings is 2. The highest BCUT2D eigenvalue weighted by Crippen LogP contribution is 2.44. The van der Waals surface area contributed by atoms with E-state index in [1.807, 2.05) is 24.3 Å². The van der Waals surface area contributed by atoms with E-state index in [2.05, 4.69) is 31.2 Å². The number of nitrogens with zero attached hydrogens (tertiary/aromatic N) is 1. The first-order valence-corrected chi connectivity index (χ1v) is 9.94. The van der Waals surface area contributed by atoms with Gasteiger partial charge in [0.2, 0.25) is 0 Å². The van der Waals surface area contributed by atoms with Gasteiger partial charge >= 0.3 is 12.1 Å². The third-order valence-electron chi connectivity index (χ3n) is 6.14. The van der Waals surface area contributed by atoms with Gasteiger partial charge in [-0.05, 0) is 41.0 Å². The molecule has 2 aliphatic rings. The molecule has 2 atom stereocenters. The SMILES string of the molecule is CC[C@@H]1CCN(C(=O)OCC2c3ccccc3-c3ccccc32)[C@H](C(=O)O)C1. The number of likely N-dealkylation sites (tertiary alicyclic amines) is 1. The van der Waals surface area contributed by atoms with Crippen molar-refractivity contribution in [3.8, 4) is 11.1 Å². The standard InChI is InChI=1S/C23H25NO4/c1-2-15-11-12-24(21(13-15)22(25)26)23(27)28-14-20-18-9-5-3-7-16(18)17-8-4-6-10-19(17)20/h3-10,15,20-21H,2,11-14H2,1H3,(H,25,26)/t15-,21+/m1/s1. The highest BCUT2D eigenvalue weighted by Gasteiger charge is 2.37. The summed E-state index contributed by atoms with van der Waals surface area (Å²) in [6.07, 6.45) is 1.73. The predicted molar refractivity (Wildman–Crippen MR) is 106 cm³/mol. The number of carbonyl (C=O) groups is 2. The largest absolute Gasteiger partial charge is 0.480 e. The summed E-state index contributed by atoms with van der Waals surface area (Å²) in [6.45, 7) is 2.71. The van der Waals surface area contributed by atoms with Crippen LogP contribution in [-0.4, -0.2) is 41.3 Å². The van der Waals surface area contributed by atoms with E-state index in [0.717, 1.165) is 24.0 Å². The predicted octanol–water partition coefficient (Wildman–Crippen LogP) is 4.51. The Morgan fingerprint density at radius 2 is 1.68 bits per heavy atom. The number of ether oxygens (including phenoxy) is 1. The molecule has 1 heterocycles. The van der Waals surface area contributed by atoms with Crippen molar-refractivity contribution in [2.24, 2.45) is 5.92 Å². The van der Waals surface area contributed by atoms with Crippen molar-refractivity contribution in [1.29, 1.82) is 0 Å². The van der Waals surface area contributed by atoms with Crippen molar-refractivity contribution < 1.29 is 19.4 Å². The maximum Gasteiger partial charge on any atom is 0.410 e. The lowest BCUT2D eigenvalue weighted by Crippen LogP contribution is -2.50. The van der Waals surface area contributed by atoms with Gasteiger partial charge in [-0.25, -0.2) is 9.59 Å². The fourth-order valence-corrected chi connectivity index (χ4v) is 4.54. The van der Waals surface area contributed by atoms with Crippen molar-refractivity contribution in [1.82, 2.24) is 4.90 Å². The molecule has 0 aromatic heterocycles. The van der Waals surface area contributed by atoms with E-state index in [1.165, 1.54) is 16.0 Å². The number of aliphatic carboxylic acids is 1. The molecular weight excluding hydrogens is 354 g/mol. The Morgan fingerprint density at radius 3 is 2.25 bits per heavy atom. The van der Waals surface area contributed by atoms with Gasteiger partial charge in [-0.15, -0.1) is 0 Å². The Balaban J connectivity index is 1.50. The molecule has 2 aromatic carbocycles. The van der Waals surface area contributed by atoms with Crippen molar-refractivity contribution in [2.75, 3.05) is 13.2 Å². The third kappa shape index (κ3) is 3.26. The highest BCUT2D eigenvalue weighted by atomic mass is 16.6. The Labute approximate surface area is 164 Å². The summed E-state index contributed by atoms with van der Waals surface area (Å²) >= 11 is 0. The summed E-state index contributed by atoms with van der Waals surface area (Å²) in [6, 6.07) is 15.5. The zero-order chi connectivity index (χ0) is 19.7. The summed E-state index contributed by atoms with van der Waals surface area (Å²) in [4.78, 5) is 25.8. The first-order chi connectivity index (χ1) is 13.6. The van der Waals surface area contributed by atoms with Gasteiger partial charge in [0, 0.05) is 12.5 Å². The van der Waals surface area contributed by atoms with E-state index in [1.54, 1.807) is 0 Å². The monoisotopic (exact) mass is 379 g/mol. The average Bonchev–Trinajstić information content (AvgIpc) is 3.05. The van der Waals surface area contributed by atoms with Crippen LogP contribution in [0.5, 0.6) is 0 Å². The molecule has 5 heteroatoms. The molecule has 0 bridgehead atoms. The van der Waals surface area contributed by atoms with Gasteiger partial charge in [0.25, 0.3) is 0 Å². The van der Waals surface area contributed by atoms with Crippen molar-refractivity contribution >= 4 is 12.1 Å². The number of rotatable bonds is 4. The molecule has 1 N–H and O–H groups in total. The fraction of sp³-hybridized carbons (Fsp3) is 0.391. The number of hydrogen-bond acceptors (Lipinski definition) is 3. The molecule has 2 aromatic rings. The number of hydrogen-bond donors (Lipinski definition) is 1. The summed E-state index contributed by atoms with van der Waals surface area (Å²) in [7, 11) is 0. The van der Waals surface area contributed by atoms with E-state index in [4.69, 9.17) is 4.74 Å². The molecule has 5 nitrogen and oxygen atoms in total. The van der Waals surface area contributed by atoms with Gasteiger partial charge in [-0.3, -0.25) is 4.90 Å². The smallest absolute Gasteiger partial charge is 0.410 e. The van der Waals surface area contributed by atoms with Crippen molar-refractivity contribution in [2.45, 2.75) is 38.1 Å². The van der Waals surface area contributed by atoms with Crippen LogP contribution in [0.15, 0.2) is 48.5 Å². The van der Waals surface area contributed by atoms with E-state index in [9.17, 15) is 14.7 Å². The summed E-state index contributed by atoms with van der Waals surface area (Å²) in [5.41, 5.74) is 4.64. The van der Waals surface area contributed by atoms with Crippen molar-refractivity contribution in [3.63, 3.8) is 0 Å². The minimum Gasteiger partial charge on any atom is -0.480 e. The number of carboxylic acids is 1. The van der Waals surface area contributed by atoms with E-state index < -0.39 is 18.1 Å². The maximum absolute atomic E-state index is 12.7. The Morgan fingerprint density at radius 1 is 1.07 bits per heavy atom. The normalized spacial score (nSPS) is 21.1. The number of piperidine rings is 1. The molecule has 1 aliphatic heterocycles. The van der Waals surface area contributed by atoms with E-state index >= 15 is 0 Å². The van der Waals surface area contributed by atoms with Crippen LogP contribution >= 0.6 is 0 Å². The molecule has 28 heavy (non-hydrogen) atoms. The zero-order valence-electron chi connectivity index (χ0n) is 16.0. The molecule has 146 valence electrons. The first kappa shape index (κ1) is 18.5. The van der Waals surface area contributed by atoms with Crippen LogP contribution < -0.4 is 0 Å². The van der Waals surface area contributed by atoms with E-state index in [0.29, 0.717) is 18.9 Å². The number of amides is 1. The lowest BCUT2D eigenvalue weighted by Gasteiger charge is -2.36. The second-order valence-electron chi connectivity index (χ2n) is 7.65. The van der Waals surface area contributed by atoms with E-state index in [-0.39, 0.29) is 12.5 Å². The quantitative estimate of drug-likeness (QED) is 0.849. The fourth-order valence-electron chi connectivity index (χ4n) is 4.54. The second kappa shape index (κ2) is 7.66. The van der Waals surface area contributed by atoms with Gasteiger partial charge in [-0.1, -0.05) is 61.9 Å². The molecule has 0 spiro atoms. The van der Waals surface area contributed by atoms with Crippen LogP contribution in [0.3, 0.4) is 0 Å². The molecule has 4 rings (SSSR count). The van der Waals surface area contributed by atoms with Gasteiger partial charge in [0.1, 0.15) is 12.6 Å². The highest BCUT2D eigenvalue weighted by molar-refractivity contribution is 5.81. The molecule has 1 saturated heterocycles. The molecule has 0 saturated carbocycles. The lowest BCUT2D eigenvalue weighted by molar-refractivity contribution is -0.144. The van der Waals surface area contributed by atoms with Crippen LogP contribution in [0.25, 0.3) is 11.1 Å². The Hall–Kier alpha value is -2.82. The molecule has 1 aliphatic carbocycles. The van der Waals surface area contributed by atoms with Crippen molar-refractivity contribution in [3.05, 3.63) is 59.7 Å². The van der Waals surface area contributed by atoms with Crippen LogP contribution in [0, 0.1) is 5.92 Å². The Bertz CT molecular complexity index is 848. The zero-order valence-corrected chi connectivity index (χ0v) is 16.0. The molecule has 1 amide bonds. The lowest BCUT2D eigenvalue weighted by atomic mass is 9.89. The Kier molecular flexibility index (Phi) is 5.07. The average molecular weight is 379 g/mol. The van der Waals surface area contributed by atoms with Crippen LogP contribution in [-0.2, 0) is 9.53 Å². The van der Waals surface area contributed by atoms with Crippen LogP contribution in [0.4, 0.5) is 4.79 Å². The first-order valence-electron chi connectivity index (χ1n) is 9.94. The molecule has 1 fully saturated rings. The number of fused-ring (bicyclic) bond motifs is 3. The topological polar surface area (TPSA) is 66.8 Å². The number of carboxylic acid groups (broad SMARTS) is 1. The van der Waals surface area contributed by atoms with Gasteiger partial charge in [0.15, 0.2) is 0 Å². The van der Waals surface area contributed by atoms with Gasteiger partial charge in [0.05, 0.1) is 0 Å². The summed E-state index contributed by atoms with van der Waals surface area (Å²) in [5, 5.41) is 9.56. The maximum atomic E-state index is 12.7. The summed E-state index contributed by atoms with van der Waals surface area (Å²) < 4.78 is 5.65. The molecule has 0 radical (unpaired) electrons. The number of carbonyl (C=O) groups excluding carboxylic acids is 1. The van der Waals surface area contributed by atoms with Gasteiger partial charge < -0.3 is 9.84 Å². The minimum absolute atomic E-state index is 0.0205. The molecule has 0 unspecified atom stereocenters. The molecular formula is C23H25NO4. The van der Waals surface area contributed by atoms with Crippen LogP contribution in [0.2, 0.25) is 0 Å². The van der Waals surface area contributed by atoms with Crippen LogP contribution in [0.1, 0.15) is 43.2 Å². The summed E-state index contributed by atoms with van der Waals surface area (Å²) in [5.74, 6) is -0.627. The minimum atomic E-state index is -0.952. The second-order valence-corrected chi connectivity index (χ2v) is 7.65. The van der Waals surface area contributed by atoms with Gasteiger partial charge in [-0.2, -0.15) is 0 Å².